The van der Waals surface area contributed by atoms with Crippen LogP contribution in [0, 0.1) is 3.57 Å². The number of ether oxygens (including phenoxy) is 2. The van der Waals surface area contributed by atoms with Gasteiger partial charge in [0.2, 0.25) is 0 Å². The predicted molar refractivity (Wildman–Crippen MR) is 69.7 cm³/mol. The van der Waals surface area contributed by atoms with Crippen LogP contribution in [0.15, 0.2) is 12.1 Å². The van der Waals surface area contributed by atoms with E-state index in [-0.39, 0.29) is 5.92 Å². The van der Waals surface area contributed by atoms with Crippen LogP contribution in [0.3, 0.4) is 0 Å². The Morgan fingerprint density at radius 2 is 1.87 bits per heavy atom. The Morgan fingerprint density at radius 3 is 2.33 bits per heavy atom. The molecule has 0 fully saturated rings. The van der Waals surface area contributed by atoms with E-state index < -0.39 is 0 Å². The second-order valence-corrected chi connectivity index (χ2v) is 4.53. The molecule has 0 bridgehead atoms. The van der Waals surface area contributed by atoms with Gasteiger partial charge >= 0.3 is 0 Å². The van der Waals surface area contributed by atoms with Crippen LogP contribution < -0.4 is 15.2 Å². The molecule has 0 saturated heterocycles. The molecule has 1 aromatic carbocycles. The van der Waals surface area contributed by atoms with Crippen LogP contribution in [-0.4, -0.2) is 20.8 Å². The number of halogens is 1. The number of benzene rings is 1. The molecule has 0 saturated carbocycles. The molecular weight excluding hydrogens is 305 g/mol. The van der Waals surface area contributed by atoms with Gasteiger partial charge in [0.1, 0.15) is 11.5 Å². The van der Waals surface area contributed by atoms with E-state index in [2.05, 4.69) is 29.5 Å². The first-order valence-corrected chi connectivity index (χ1v) is 5.83. The lowest BCUT2D eigenvalue weighted by Gasteiger charge is -2.16. The number of hydrogen-bond acceptors (Lipinski definition) is 3. The fourth-order valence-electron chi connectivity index (χ4n) is 1.40. The van der Waals surface area contributed by atoms with Crippen molar-refractivity contribution in [3.63, 3.8) is 0 Å². The van der Waals surface area contributed by atoms with Crippen molar-refractivity contribution < 1.29 is 9.47 Å². The summed E-state index contributed by atoms with van der Waals surface area (Å²) in [5.74, 6) is 2.01. The first-order valence-electron chi connectivity index (χ1n) is 4.75. The summed E-state index contributed by atoms with van der Waals surface area (Å²) in [7, 11) is 3.34. The number of hydrogen-bond donors (Lipinski definition) is 1. The third-order valence-electron chi connectivity index (χ3n) is 2.39. The van der Waals surface area contributed by atoms with Crippen molar-refractivity contribution in [2.75, 3.05) is 20.8 Å². The Morgan fingerprint density at radius 1 is 1.27 bits per heavy atom. The largest absolute Gasteiger partial charge is 0.496 e. The van der Waals surface area contributed by atoms with Gasteiger partial charge in [-0.25, -0.2) is 0 Å². The second-order valence-electron chi connectivity index (χ2n) is 3.37. The van der Waals surface area contributed by atoms with Crippen molar-refractivity contribution in [3.05, 3.63) is 21.3 Å². The molecule has 4 heteroatoms. The van der Waals surface area contributed by atoms with E-state index in [0.29, 0.717) is 6.54 Å². The van der Waals surface area contributed by atoms with Gasteiger partial charge in [-0.2, -0.15) is 0 Å². The first kappa shape index (κ1) is 12.6. The number of methoxy groups -OCH3 is 2. The van der Waals surface area contributed by atoms with E-state index in [1.54, 1.807) is 14.2 Å². The van der Waals surface area contributed by atoms with Gasteiger partial charge in [0.25, 0.3) is 0 Å². The molecule has 0 radical (unpaired) electrons. The molecule has 0 amide bonds. The van der Waals surface area contributed by atoms with Crippen LogP contribution in [0.25, 0.3) is 0 Å². The Kier molecular flexibility index (Phi) is 4.66. The van der Waals surface area contributed by atoms with Crippen LogP contribution in [0.2, 0.25) is 0 Å². The Bertz CT molecular complexity index is 342. The molecule has 1 rings (SSSR count). The molecular formula is C11H16INO2. The first-order chi connectivity index (χ1) is 7.13. The number of nitrogens with two attached hydrogens (primary N) is 1. The molecule has 0 heterocycles. The molecule has 0 aromatic heterocycles. The highest BCUT2D eigenvalue weighted by molar-refractivity contribution is 14.1. The van der Waals surface area contributed by atoms with Crippen molar-refractivity contribution in [3.8, 4) is 11.5 Å². The summed E-state index contributed by atoms with van der Waals surface area (Å²) in [6.07, 6.45) is 0. The maximum Gasteiger partial charge on any atom is 0.132 e. The van der Waals surface area contributed by atoms with E-state index in [1.807, 2.05) is 12.1 Å². The summed E-state index contributed by atoms with van der Waals surface area (Å²) >= 11 is 2.23. The van der Waals surface area contributed by atoms with Crippen LogP contribution >= 0.6 is 22.6 Å². The Balaban J connectivity index is 3.22. The zero-order chi connectivity index (χ0) is 11.4. The SMILES string of the molecule is COc1cc(C(C)CN)c(OC)cc1I. The van der Waals surface area contributed by atoms with E-state index >= 15 is 0 Å². The lowest BCUT2D eigenvalue weighted by Crippen LogP contribution is -2.10. The van der Waals surface area contributed by atoms with Gasteiger partial charge in [-0.15, -0.1) is 0 Å². The average Bonchev–Trinajstić information content (AvgIpc) is 2.27. The van der Waals surface area contributed by atoms with E-state index in [1.165, 1.54) is 0 Å². The number of rotatable bonds is 4. The molecule has 0 spiro atoms. The molecule has 3 nitrogen and oxygen atoms in total. The predicted octanol–water partition coefficient (Wildman–Crippen LogP) is 2.37. The summed E-state index contributed by atoms with van der Waals surface area (Å²) in [5, 5.41) is 0. The molecule has 2 N–H and O–H groups in total. The van der Waals surface area contributed by atoms with Crippen LogP contribution in [0.1, 0.15) is 18.4 Å². The normalized spacial score (nSPS) is 12.3. The summed E-state index contributed by atoms with van der Waals surface area (Å²) in [6.45, 7) is 2.67. The molecule has 0 aliphatic carbocycles. The second kappa shape index (κ2) is 5.55. The molecule has 0 aliphatic heterocycles. The quantitative estimate of drug-likeness (QED) is 0.866. The van der Waals surface area contributed by atoms with E-state index in [4.69, 9.17) is 15.2 Å². The van der Waals surface area contributed by atoms with Gasteiger partial charge in [0.05, 0.1) is 17.8 Å². The highest BCUT2D eigenvalue weighted by atomic mass is 127. The Labute approximate surface area is 104 Å². The molecule has 1 aromatic rings. The molecule has 0 aliphatic rings. The zero-order valence-electron chi connectivity index (χ0n) is 9.21. The lowest BCUT2D eigenvalue weighted by atomic mass is 10.00. The van der Waals surface area contributed by atoms with Crippen molar-refractivity contribution in [2.45, 2.75) is 12.8 Å². The maximum absolute atomic E-state index is 5.66. The Hall–Kier alpha value is -0.490. The van der Waals surface area contributed by atoms with Gasteiger partial charge in [0.15, 0.2) is 0 Å². The van der Waals surface area contributed by atoms with Gasteiger partial charge in [0, 0.05) is 5.56 Å². The highest BCUT2D eigenvalue weighted by Gasteiger charge is 2.13. The summed E-state index contributed by atoms with van der Waals surface area (Å²) < 4.78 is 11.7. The highest BCUT2D eigenvalue weighted by Crippen LogP contribution is 2.33. The van der Waals surface area contributed by atoms with Crippen LogP contribution in [-0.2, 0) is 0 Å². The van der Waals surface area contributed by atoms with Gasteiger partial charge < -0.3 is 15.2 Å². The van der Waals surface area contributed by atoms with Crippen LogP contribution in [0.4, 0.5) is 0 Å². The topological polar surface area (TPSA) is 44.5 Å². The fourth-order valence-corrected chi connectivity index (χ4v) is 2.05. The molecule has 1 unspecified atom stereocenters. The standard InChI is InChI=1S/C11H16INO2/c1-7(6-13)8-4-11(15-3)9(12)5-10(8)14-2/h4-5,7H,6,13H2,1-3H3. The van der Waals surface area contributed by atoms with Crippen molar-refractivity contribution in [1.29, 1.82) is 0 Å². The maximum atomic E-state index is 5.66. The minimum atomic E-state index is 0.269. The third kappa shape index (κ3) is 2.75. The fraction of sp³-hybridized carbons (Fsp3) is 0.455. The molecule has 84 valence electrons. The average molecular weight is 321 g/mol. The monoisotopic (exact) mass is 321 g/mol. The molecule has 1 atom stereocenters. The van der Waals surface area contributed by atoms with E-state index in [9.17, 15) is 0 Å². The minimum Gasteiger partial charge on any atom is -0.496 e. The minimum absolute atomic E-state index is 0.269. The van der Waals surface area contributed by atoms with Gasteiger partial charge in [-0.3, -0.25) is 0 Å². The summed E-state index contributed by atoms with van der Waals surface area (Å²) in [4.78, 5) is 0. The van der Waals surface area contributed by atoms with Crippen molar-refractivity contribution >= 4 is 22.6 Å². The lowest BCUT2D eigenvalue weighted by molar-refractivity contribution is 0.394. The smallest absolute Gasteiger partial charge is 0.132 e. The van der Waals surface area contributed by atoms with E-state index in [0.717, 1.165) is 20.6 Å². The summed E-state index contributed by atoms with van der Waals surface area (Å²) in [5.41, 5.74) is 6.75. The summed E-state index contributed by atoms with van der Waals surface area (Å²) in [6, 6.07) is 3.97. The third-order valence-corrected chi connectivity index (χ3v) is 3.23. The van der Waals surface area contributed by atoms with Gasteiger partial charge in [-0.1, -0.05) is 6.92 Å². The zero-order valence-corrected chi connectivity index (χ0v) is 11.4. The van der Waals surface area contributed by atoms with Crippen molar-refractivity contribution in [2.24, 2.45) is 5.73 Å². The molecule has 15 heavy (non-hydrogen) atoms. The van der Waals surface area contributed by atoms with Gasteiger partial charge in [-0.05, 0) is 47.2 Å². The van der Waals surface area contributed by atoms with Crippen molar-refractivity contribution in [1.82, 2.24) is 0 Å². The van der Waals surface area contributed by atoms with Crippen LogP contribution in [0.5, 0.6) is 11.5 Å².